The maximum Gasteiger partial charge on any atom is 0.272 e. The van der Waals surface area contributed by atoms with Crippen LogP contribution in [-0.2, 0) is 4.79 Å². The second kappa shape index (κ2) is 5.49. The largest absolute Gasteiger partial charge is 0.306 e. The quantitative estimate of drug-likeness (QED) is 0.809. The fourth-order valence-electron chi connectivity index (χ4n) is 2.80. The molecule has 0 aliphatic carbocycles. The monoisotopic (exact) mass is 316 g/mol. The Labute approximate surface area is 132 Å². The highest BCUT2D eigenvalue weighted by Crippen LogP contribution is 2.36. The second-order valence-electron chi connectivity index (χ2n) is 5.33. The lowest BCUT2D eigenvalue weighted by Crippen LogP contribution is -2.51. The van der Waals surface area contributed by atoms with Crippen LogP contribution in [0.1, 0.15) is 29.2 Å². The lowest BCUT2D eigenvalue weighted by molar-refractivity contribution is -0.117. The van der Waals surface area contributed by atoms with Crippen molar-refractivity contribution < 1.29 is 9.59 Å². The van der Waals surface area contributed by atoms with Gasteiger partial charge in [0.25, 0.3) is 5.91 Å². The van der Waals surface area contributed by atoms with E-state index >= 15 is 0 Å². The highest BCUT2D eigenvalue weighted by Gasteiger charge is 2.34. The molecule has 0 bridgehead atoms. The van der Waals surface area contributed by atoms with Crippen molar-refractivity contribution in [3.63, 3.8) is 0 Å². The van der Waals surface area contributed by atoms with Gasteiger partial charge in [-0.15, -0.1) is 5.10 Å². The molecule has 0 unspecified atom stereocenters. The molecule has 0 saturated heterocycles. The van der Waals surface area contributed by atoms with Crippen molar-refractivity contribution in [1.82, 2.24) is 9.59 Å². The predicted octanol–water partition coefficient (Wildman–Crippen LogP) is 2.25. The van der Waals surface area contributed by atoms with Crippen LogP contribution in [-0.4, -0.2) is 34.0 Å². The van der Waals surface area contributed by atoms with Crippen molar-refractivity contribution in [1.29, 1.82) is 0 Å². The summed E-state index contributed by atoms with van der Waals surface area (Å²) in [6.07, 6.45) is 0. The minimum atomic E-state index is -0.116. The second-order valence-corrected chi connectivity index (χ2v) is 6.08. The Morgan fingerprint density at radius 1 is 1.27 bits per heavy atom. The molecule has 0 radical (unpaired) electrons. The highest BCUT2D eigenvalue weighted by atomic mass is 32.1. The predicted molar refractivity (Wildman–Crippen MR) is 85.4 cm³/mol. The Kier molecular flexibility index (Phi) is 3.66. The average molecular weight is 316 g/mol. The van der Waals surface area contributed by atoms with Crippen LogP contribution in [0.15, 0.2) is 24.3 Å². The van der Waals surface area contributed by atoms with Gasteiger partial charge in [-0.2, -0.15) is 0 Å². The smallest absolute Gasteiger partial charge is 0.272 e. The Balaban J connectivity index is 2.07. The molecule has 0 N–H and O–H groups in total. The molecule has 1 aliphatic rings. The number of aryl methyl sites for hydroxylation is 1. The van der Waals surface area contributed by atoms with E-state index in [0.29, 0.717) is 17.1 Å². The van der Waals surface area contributed by atoms with Gasteiger partial charge < -0.3 is 9.80 Å². The molecule has 114 valence electrons. The van der Waals surface area contributed by atoms with Gasteiger partial charge in [0.05, 0.1) is 23.1 Å². The Morgan fingerprint density at radius 3 is 2.55 bits per heavy atom. The third-order valence-corrected chi connectivity index (χ3v) is 4.57. The molecular weight excluding hydrogens is 300 g/mol. The van der Waals surface area contributed by atoms with E-state index in [9.17, 15) is 9.59 Å². The fraction of sp³-hybridized carbons (Fsp3) is 0.333. The molecule has 6 nitrogen and oxygen atoms in total. The molecule has 7 heteroatoms. The summed E-state index contributed by atoms with van der Waals surface area (Å²) in [4.78, 5) is 28.7. The number of para-hydroxylation sites is 2. The number of anilines is 2. The van der Waals surface area contributed by atoms with Crippen LogP contribution in [0.3, 0.4) is 0 Å². The van der Waals surface area contributed by atoms with E-state index in [1.54, 1.807) is 23.6 Å². The van der Waals surface area contributed by atoms with Gasteiger partial charge in [-0.05, 0) is 37.5 Å². The van der Waals surface area contributed by atoms with E-state index in [0.717, 1.165) is 22.9 Å². The van der Waals surface area contributed by atoms with Gasteiger partial charge in [0.15, 0.2) is 0 Å². The Morgan fingerprint density at radius 2 is 1.95 bits per heavy atom. The average Bonchev–Trinajstić information content (AvgIpc) is 2.91. The van der Waals surface area contributed by atoms with Crippen LogP contribution in [0.2, 0.25) is 0 Å². The van der Waals surface area contributed by atoms with Gasteiger partial charge >= 0.3 is 0 Å². The van der Waals surface area contributed by atoms with E-state index in [1.165, 1.54) is 0 Å². The number of rotatable bonds is 1. The number of hydrogen-bond acceptors (Lipinski definition) is 5. The SMILES string of the molecule is CC(=O)N1c2ccccc2N(C(=O)c2snnc2C)C[C@@H]1C. The van der Waals surface area contributed by atoms with E-state index in [-0.39, 0.29) is 17.9 Å². The third-order valence-electron chi connectivity index (χ3n) is 3.75. The number of hydrogen-bond donors (Lipinski definition) is 0. The summed E-state index contributed by atoms with van der Waals surface area (Å²) in [7, 11) is 0. The fourth-order valence-corrected chi connectivity index (χ4v) is 3.41. The first kappa shape index (κ1) is 14.6. The van der Waals surface area contributed by atoms with Gasteiger partial charge in [-0.25, -0.2) is 0 Å². The Hall–Kier alpha value is -2.28. The van der Waals surface area contributed by atoms with Crippen molar-refractivity contribution in [3.8, 4) is 0 Å². The summed E-state index contributed by atoms with van der Waals surface area (Å²) in [6.45, 7) is 5.71. The lowest BCUT2D eigenvalue weighted by Gasteiger charge is -2.40. The summed E-state index contributed by atoms with van der Waals surface area (Å²) >= 11 is 1.10. The molecule has 3 rings (SSSR count). The van der Waals surface area contributed by atoms with E-state index in [2.05, 4.69) is 9.59 Å². The molecular formula is C15H16N4O2S. The normalized spacial score (nSPS) is 17.3. The molecule has 1 aliphatic heterocycles. The number of nitrogens with zero attached hydrogens (tertiary/aromatic N) is 4. The number of aromatic nitrogens is 2. The first-order valence-electron chi connectivity index (χ1n) is 7.00. The zero-order valence-corrected chi connectivity index (χ0v) is 13.4. The summed E-state index contributed by atoms with van der Waals surface area (Å²) < 4.78 is 3.84. The standard InChI is InChI=1S/C15H16N4O2S/c1-9-8-18(15(21)14-10(2)16-17-22-14)12-6-4-5-7-13(12)19(9)11(3)20/h4-7,9H,8H2,1-3H3/t9-/m0/s1. The summed E-state index contributed by atoms with van der Waals surface area (Å²) in [5, 5.41) is 3.91. The topological polar surface area (TPSA) is 66.4 Å². The van der Waals surface area contributed by atoms with Crippen LogP contribution < -0.4 is 9.80 Å². The van der Waals surface area contributed by atoms with E-state index in [4.69, 9.17) is 0 Å². The molecule has 2 amide bonds. The van der Waals surface area contributed by atoms with Crippen molar-refractivity contribution in [2.45, 2.75) is 26.8 Å². The number of fused-ring (bicyclic) bond motifs is 1. The minimum Gasteiger partial charge on any atom is -0.306 e. The summed E-state index contributed by atoms with van der Waals surface area (Å²) in [5.74, 6) is -0.141. The Bertz CT molecular complexity index is 743. The van der Waals surface area contributed by atoms with Crippen LogP contribution in [0.4, 0.5) is 11.4 Å². The molecule has 1 aromatic carbocycles. The van der Waals surface area contributed by atoms with E-state index < -0.39 is 0 Å². The molecule has 2 heterocycles. The first-order valence-corrected chi connectivity index (χ1v) is 7.77. The number of carbonyl (C=O) groups is 2. The number of carbonyl (C=O) groups excluding carboxylic acids is 2. The molecule has 0 spiro atoms. The van der Waals surface area contributed by atoms with Gasteiger partial charge in [-0.3, -0.25) is 9.59 Å². The van der Waals surface area contributed by atoms with Gasteiger partial charge in [0, 0.05) is 13.5 Å². The van der Waals surface area contributed by atoms with Crippen LogP contribution in [0.5, 0.6) is 0 Å². The molecule has 0 fully saturated rings. The van der Waals surface area contributed by atoms with Crippen molar-refractivity contribution in [3.05, 3.63) is 34.8 Å². The van der Waals surface area contributed by atoms with Crippen molar-refractivity contribution in [2.24, 2.45) is 0 Å². The molecule has 22 heavy (non-hydrogen) atoms. The van der Waals surface area contributed by atoms with Gasteiger partial charge in [-0.1, -0.05) is 16.6 Å². The molecule has 2 aromatic rings. The summed E-state index contributed by atoms with van der Waals surface area (Å²) in [5.41, 5.74) is 2.14. The lowest BCUT2D eigenvalue weighted by atomic mass is 10.1. The van der Waals surface area contributed by atoms with Crippen molar-refractivity contribution in [2.75, 3.05) is 16.3 Å². The van der Waals surface area contributed by atoms with Crippen LogP contribution >= 0.6 is 11.5 Å². The van der Waals surface area contributed by atoms with Gasteiger partial charge in [0.1, 0.15) is 4.88 Å². The maximum absolute atomic E-state index is 12.8. The third kappa shape index (κ3) is 2.27. The van der Waals surface area contributed by atoms with Crippen LogP contribution in [0.25, 0.3) is 0 Å². The zero-order chi connectivity index (χ0) is 15.9. The van der Waals surface area contributed by atoms with E-state index in [1.807, 2.05) is 31.2 Å². The maximum atomic E-state index is 12.8. The number of benzene rings is 1. The highest BCUT2D eigenvalue weighted by molar-refractivity contribution is 7.08. The van der Waals surface area contributed by atoms with Crippen LogP contribution in [0, 0.1) is 6.92 Å². The molecule has 1 atom stereocenters. The first-order chi connectivity index (χ1) is 10.5. The zero-order valence-electron chi connectivity index (χ0n) is 12.6. The molecule has 1 aromatic heterocycles. The number of amides is 2. The van der Waals surface area contributed by atoms with Crippen molar-refractivity contribution >= 4 is 34.7 Å². The minimum absolute atomic E-state index is 0.0253. The van der Waals surface area contributed by atoms with Gasteiger partial charge in [0.2, 0.25) is 5.91 Å². The summed E-state index contributed by atoms with van der Waals surface area (Å²) in [6, 6.07) is 7.38. The molecule has 0 saturated carbocycles.